The zero-order valence-corrected chi connectivity index (χ0v) is 14.6. The number of ether oxygens (including phenoxy) is 1. The average Bonchev–Trinajstić information content (AvgIpc) is 3.13. The van der Waals surface area contributed by atoms with Crippen LogP contribution in [-0.2, 0) is 0 Å². The van der Waals surface area contributed by atoms with Crippen LogP contribution >= 0.6 is 11.3 Å². The molecule has 0 aliphatic heterocycles. The Morgan fingerprint density at radius 3 is 2.73 bits per heavy atom. The van der Waals surface area contributed by atoms with Crippen molar-refractivity contribution in [1.82, 2.24) is 14.6 Å². The van der Waals surface area contributed by atoms with Crippen molar-refractivity contribution in [2.24, 2.45) is 0 Å². The van der Waals surface area contributed by atoms with Crippen LogP contribution in [0.5, 0.6) is 5.75 Å². The molecule has 1 saturated carbocycles. The van der Waals surface area contributed by atoms with Crippen LogP contribution in [0.4, 0.5) is 18.3 Å². The molecule has 138 valence electrons. The molecule has 0 unspecified atom stereocenters. The molecule has 1 N–H and O–H groups in total. The Morgan fingerprint density at radius 2 is 2.00 bits per heavy atom. The van der Waals surface area contributed by atoms with E-state index in [0.717, 1.165) is 18.0 Å². The molecule has 2 heterocycles. The van der Waals surface area contributed by atoms with Crippen molar-refractivity contribution in [3.63, 3.8) is 0 Å². The highest BCUT2D eigenvalue weighted by Crippen LogP contribution is 2.30. The average molecular weight is 382 g/mol. The van der Waals surface area contributed by atoms with Crippen LogP contribution in [0.2, 0.25) is 0 Å². The van der Waals surface area contributed by atoms with Gasteiger partial charge in [0.15, 0.2) is 0 Å². The zero-order chi connectivity index (χ0) is 18.1. The van der Waals surface area contributed by atoms with Gasteiger partial charge in [-0.3, -0.25) is 0 Å². The van der Waals surface area contributed by atoms with Gasteiger partial charge < -0.3 is 10.1 Å². The number of rotatable bonds is 4. The lowest BCUT2D eigenvalue weighted by molar-refractivity contribution is -0.274. The van der Waals surface area contributed by atoms with E-state index in [1.54, 1.807) is 16.8 Å². The predicted octanol–water partition coefficient (Wildman–Crippen LogP) is 5.10. The lowest BCUT2D eigenvalue weighted by atomic mass is 9.96. The second-order valence-electron chi connectivity index (χ2n) is 6.32. The first-order valence-electron chi connectivity index (χ1n) is 8.45. The molecular weight excluding hydrogens is 365 g/mol. The van der Waals surface area contributed by atoms with Gasteiger partial charge in [0, 0.05) is 11.6 Å². The van der Waals surface area contributed by atoms with Gasteiger partial charge in [-0.25, -0.2) is 9.50 Å². The highest BCUT2D eigenvalue weighted by atomic mass is 32.1. The maximum atomic E-state index is 12.4. The smallest absolute Gasteiger partial charge is 0.406 e. The fourth-order valence-electron chi connectivity index (χ4n) is 3.17. The Kier molecular flexibility index (Phi) is 4.47. The third kappa shape index (κ3) is 3.92. The minimum atomic E-state index is -4.71. The van der Waals surface area contributed by atoms with Gasteiger partial charge >= 0.3 is 6.36 Å². The molecule has 0 saturated heterocycles. The van der Waals surface area contributed by atoms with Crippen molar-refractivity contribution in [2.45, 2.75) is 44.5 Å². The number of nitrogens with zero attached hydrogens (tertiary/aromatic N) is 3. The second kappa shape index (κ2) is 6.79. The standard InChI is InChI=1S/C17H17F3N4OS/c18-17(19,20)25-13-8-4-5-11(9-13)14-10-24-16(22-14)26-15(23-24)21-12-6-2-1-3-7-12/h4-5,8-10,12H,1-3,6-7H2,(H,21,23). The van der Waals surface area contributed by atoms with Gasteiger partial charge in [-0.1, -0.05) is 42.7 Å². The van der Waals surface area contributed by atoms with Gasteiger partial charge in [0.2, 0.25) is 10.1 Å². The Labute approximate surface area is 151 Å². The van der Waals surface area contributed by atoms with Crippen LogP contribution in [0.1, 0.15) is 32.1 Å². The van der Waals surface area contributed by atoms with Gasteiger partial charge in [-0.05, 0) is 25.0 Å². The number of hydrogen-bond donors (Lipinski definition) is 1. The number of nitrogens with one attached hydrogen (secondary N) is 1. The molecule has 1 fully saturated rings. The van der Waals surface area contributed by atoms with Crippen LogP contribution in [0, 0.1) is 0 Å². The van der Waals surface area contributed by atoms with E-state index in [9.17, 15) is 13.2 Å². The van der Waals surface area contributed by atoms with Crippen molar-refractivity contribution in [3.05, 3.63) is 30.5 Å². The van der Waals surface area contributed by atoms with E-state index in [1.165, 1.54) is 48.8 Å². The molecule has 1 aliphatic rings. The zero-order valence-electron chi connectivity index (χ0n) is 13.8. The van der Waals surface area contributed by atoms with Gasteiger partial charge in [0.05, 0.1) is 11.9 Å². The first-order chi connectivity index (χ1) is 12.5. The SMILES string of the molecule is FC(F)(F)Oc1cccc(-c2cn3nc(NC4CCCCC4)sc3n2)c1. The summed E-state index contributed by atoms with van der Waals surface area (Å²) in [5.74, 6) is -0.265. The number of halogens is 3. The molecule has 5 nitrogen and oxygen atoms in total. The quantitative estimate of drug-likeness (QED) is 0.682. The lowest BCUT2D eigenvalue weighted by Gasteiger charge is -2.21. The monoisotopic (exact) mass is 382 g/mol. The summed E-state index contributed by atoms with van der Waals surface area (Å²) in [6.45, 7) is 0. The third-order valence-corrected chi connectivity index (χ3v) is 5.19. The van der Waals surface area contributed by atoms with E-state index in [-0.39, 0.29) is 5.75 Å². The van der Waals surface area contributed by atoms with Crippen molar-refractivity contribution < 1.29 is 17.9 Å². The second-order valence-corrected chi connectivity index (χ2v) is 7.27. The summed E-state index contributed by atoms with van der Waals surface area (Å²) in [6, 6.07) is 6.24. The van der Waals surface area contributed by atoms with Crippen molar-refractivity contribution in [2.75, 3.05) is 5.32 Å². The minimum absolute atomic E-state index is 0.265. The van der Waals surface area contributed by atoms with E-state index in [4.69, 9.17) is 0 Å². The molecule has 26 heavy (non-hydrogen) atoms. The van der Waals surface area contributed by atoms with E-state index in [0.29, 0.717) is 22.3 Å². The molecule has 1 aliphatic carbocycles. The van der Waals surface area contributed by atoms with Gasteiger partial charge in [0.25, 0.3) is 0 Å². The molecule has 0 atom stereocenters. The van der Waals surface area contributed by atoms with Gasteiger partial charge in [0.1, 0.15) is 5.75 Å². The Balaban J connectivity index is 1.53. The third-order valence-electron chi connectivity index (χ3n) is 4.34. The highest BCUT2D eigenvalue weighted by Gasteiger charge is 2.31. The number of fused-ring (bicyclic) bond motifs is 1. The molecular formula is C17H17F3N4OS. The molecule has 0 amide bonds. The predicted molar refractivity (Wildman–Crippen MR) is 93.5 cm³/mol. The van der Waals surface area contributed by atoms with Gasteiger partial charge in [-0.2, -0.15) is 0 Å². The molecule has 2 aromatic heterocycles. The molecule has 0 radical (unpaired) electrons. The summed E-state index contributed by atoms with van der Waals surface area (Å²) in [5, 5.41) is 8.76. The summed E-state index contributed by atoms with van der Waals surface area (Å²) >= 11 is 1.44. The molecule has 0 bridgehead atoms. The topological polar surface area (TPSA) is 51.5 Å². The van der Waals surface area contributed by atoms with Crippen molar-refractivity contribution >= 4 is 21.4 Å². The number of aromatic nitrogens is 3. The Morgan fingerprint density at radius 1 is 1.19 bits per heavy atom. The van der Waals surface area contributed by atoms with E-state index in [2.05, 4.69) is 20.1 Å². The first kappa shape index (κ1) is 17.1. The van der Waals surface area contributed by atoms with Crippen molar-refractivity contribution in [1.29, 1.82) is 0 Å². The summed E-state index contributed by atoms with van der Waals surface area (Å²) in [5.41, 5.74) is 1.10. The molecule has 0 spiro atoms. The highest BCUT2D eigenvalue weighted by molar-refractivity contribution is 7.20. The summed E-state index contributed by atoms with van der Waals surface area (Å²) in [4.78, 5) is 5.17. The van der Waals surface area contributed by atoms with E-state index in [1.807, 2.05) is 0 Å². The molecule has 9 heteroatoms. The maximum Gasteiger partial charge on any atom is 0.573 e. The fourth-order valence-corrected chi connectivity index (χ4v) is 4.03. The maximum absolute atomic E-state index is 12.4. The molecule has 3 aromatic rings. The van der Waals surface area contributed by atoms with Crippen molar-refractivity contribution in [3.8, 4) is 17.0 Å². The molecule has 4 rings (SSSR count). The van der Waals surface area contributed by atoms with Crippen LogP contribution in [-0.4, -0.2) is 27.0 Å². The number of benzene rings is 1. The lowest BCUT2D eigenvalue weighted by Crippen LogP contribution is -2.22. The van der Waals surface area contributed by atoms with E-state index < -0.39 is 6.36 Å². The molecule has 1 aromatic carbocycles. The largest absolute Gasteiger partial charge is 0.573 e. The first-order valence-corrected chi connectivity index (χ1v) is 9.27. The summed E-state index contributed by atoms with van der Waals surface area (Å²) < 4.78 is 42.7. The van der Waals surface area contributed by atoms with Crippen LogP contribution in [0.15, 0.2) is 30.5 Å². The minimum Gasteiger partial charge on any atom is -0.406 e. The van der Waals surface area contributed by atoms with E-state index >= 15 is 0 Å². The van der Waals surface area contributed by atoms with Gasteiger partial charge in [-0.15, -0.1) is 18.3 Å². The summed E-state index contributed by atoms with van der Waals surface area (Å²) in [6.07, 6.45) is 3.07. The van der Waals surface area contributed by atoms with Crippen LogP contribution in [0.25, 0.3) is 16.2 Å². The fraction of sp³-hybridized carbons (Fsp3) is 0.412. The Hall–Kier alpha value is -2.29. The summed E-state index contributed by atoms with van der Waals surface area (Å²) in [7, 11) is 0. The Bertz CT molecular complexity index is 867. The van der Waals surface area contributed by atoms with Crippen LogP contribution < -0.4 is 10.1 Å². The number of anilines is 1. The van der Waals surface area contributed by atoms with Crippen LogP contribution in [0.3, 0.4) is 0 Å². The number of alkyl halides is 3. The number of imidazole rings is 1. The number of hydrogen-bond acceptors (Lipinski definition) is 5. The normalized spacial score (nSPS) is 16.1.